The lowest BCUT2D eigenvalue weighted by Gasteiger charge is -2.09. The van der Waals surface area contributed by atoms with E-state index >= 15 is 0 Å². The normalized spacial score (nSPS) is 11.5. The summed E-state index contributed by atoms with van der Waals surface area (Å²) < 4.78 is 5.35. The predicted molar refractivity (Wildman–Crippen MR) is 125 cm³/mol. The third-order valence-electron chi connectivity index (χ3n) is 5.32. The number of carbonyl (C=O) groups excluding carboxylic acids is 2. The number of benzene rings is 3. The summed E-state index contributed by atoms with van der Waals surface area (Å²) in [6, 6.07) is 21.5. The standard InChI is InChI=1S/C25H19N3O3S/c26-23(29)13-31-22-8-4-3-7-20(22)24(30)28-25-27-21(14-32-25)16-9-10-19-17(12-16)11-15-5-1-2-6-18(15)19/h1-10,12,14H,11,13H2,(H2,26,29)(H,27,28,30). The van der Waals surface area contributed by atoms with Gasteiger partial charge in [-0.25, -0.2) is 4.98 Å². The zero-order chi connectivity index (χ0) is 22.1. The van der Waals surface area contributed by atoms with Crippen LogP contribution < -0.4 is 15.8 Å². The monoisotopic (exact) mass is 441 g/mol. The zero-order valence-electron chi connectivity index (χ0n) is 17.0. The number of aromatic nitrogens is 1. The van der Waals surface area contributed by atoms with Gasteiger partial charge in [0.05, 0.1) is 11.3 Å². The molecule has 6 nitrogen and oxygen atoms in total. The Morgan fingerprint density at radius 3 is 2.66 bits per heavy atom. The van der Waals surface area contributed by atoms with E-state index < -0.39 is 5.91 Å². The molecule has 0 atom stereocenters. The Labute approximate surface area is 188 Å². The second kappa shape index (κ2) is 8.28. The first-order valence-corrected chi connectivity index (χ1v) is 10.9. The molecule has 0 unspecified atom stereocenters. The van der Waals surface area contributed by atoms with E-state index in [0.717, 1.165) is 17.7 Å². The molecule has 3 aromatic carbocycles. The summed E-state index contributed by atoms with van der Waals surface area (Å²) >= 11 is 1.35. The van der Waals surface area contributed by atoms with E-state index in [9.17, 15) is 9.59 Å². The van der Waals surface area contributed by atoms with Gasteiger partial charge in [0.1, 0.15) is 5.75 Å². The molecule has 1 aromatic heterocycles. The lowest BCUT2D eigenvalue weighted by atomic mass is 10.0. The lowest BCUT2D eigenvalue weighted by Crippen LogP contribution is -2.21. The number of nitrogens with two attached hydrogens (primary N) is 1. The van der Waals surface area contributed by atoms with E-state index in [-0.39, 0.29) is 12.5 Å². The second-order valence-electron chi connectivity index (χ2n) is 7.45. The number of nitrogens with one attached hydrogen (secondary N) is 1. The van der Waals surface area contributed by atoms with Crippen LogP contribution in [0, 0.1) is 0 Å². The van der Waals surface area contributed by atoms with Gasteiger partial charge in [-0.3, -0.25) is 14.9 Å². The van der Waals surface area contributed by atoms with Crippen molar-refractivity contribution in [2.45, 2.75) is 6.42 Å². The molecular formula is C25H19N3O3S. The minimum absolute atomic E-state index is 0.291. The summed E-state index contributed by atoms with van der Waals surface area (Å²) in [7, 11) is 0. The van der Waals surface area contributed by atoms with Gasteiger partial charge >= 0.3 is 0 Å². The Bertz CT molecular complexity index is 1350. The van der Waals surface area contributed by atoms with Crippen molar-refractivity contribution >= 4 is 28.3 Å². The lowest BCUT2D eigenvalue weighted by molar-refractivity contribution is -0.119. The average Bonchev–Trinajstić information content (AvgIpc) is 3.41. The maximum Gasteiger partial charge on any atom is 0.261 e. The van der Waals surface area contributed by atoms with Gasteiger partial charge in [-0.1, -0.05) is 48.5 Å². The van der Waals surface area contributed by atoms with Crippen molar-refractivity contribution in [3.8, 4) is 28.1 Å². The highest BCUT2D eigenvalue weighted by Gasteiger charge is 2.19. The van der Waals surface area contributed by atoms with E-state index in [2.05, 4.69) is 52.8 Å². The minimum Gasteiger partial charge on any atom is -0.483 e. The van der Waals surface area contributed by atoms with Crippen LogP contribution in [0.25, 0.3) is 22.4 Å². The second-order valence-corrected chi connectivity index (χ2v) is 8.31. The number of thiazole rings is 1. The molecule has 158 valence electrons. The number of hydrogen-bond acceptors (Lipinski definition) is 5. The Kier molecular flexibility index (Phi) is 5.17. The number of primary amides is 1. The van der Waals surface area contributed by atoms with E-state index in [1.54, 1.807) is 24.3 Å². The van der Waals surface area contributed by atoms with Gasteiger partial charge in [-0.05, 0) is 46.9 Å². The first-order valence-electron chi connectivity index (χ1n) is 10.1. The van der Waals surface area contributed by atoms with Crippen LogP contribution in [0.1, 0.15) is 21.5 Å². The number of carbonyl (C=O) groups is 2. The first-order chi connectivity index (χ1) is 15.6. The SMILES string of the molecule is NC(=O)COc1ccccc1C(=O)Nc1nc(-c2ccc3c(c2)Cc2ccccc2-3)cs1. The number of hydrogen-bond donors (Lipinski definition) is 2. The van der Waals surface area contributed by atoms with Crippen LogP contribution in [0.5, 0.6) is 5.75 Å². The number of rotatable bonds is 6. The molecule has 0 saturated heterocycles. The smallest absolute Gasteiger partial charge is 0.261 e. The summed E-state index contributed by atoms with van der Waals surface area (Å²) in [5.41, 5.74) is 12.4. The Balaban J connectivity index is 1.34. The van der Waals surface area contributed by atoms with Crippen molar-refractivity contribution in [1.82, 2.24) is 4.98 Å². The number of amides is 2. The zero-order valence-corrected chi connectivity index (χ0v) is 17.8. The number of ether oxygens (including phenoxy) is 1. The maximum absolute atomic E-state index is 12.8. The third-order valence-corrected chi connectivity index (χ3v) is 6.07. The van der Waals surface area contributed by atoms with E-state index in [1.165, 1.54) is 33.6 Å². The Morgan fingerprint density at radius 1 is 1.00 bits per heavy atom. The van der Waals surface area contributed by atoms with Gasteiger partial charge in [0.15, 0.2) is 11.7 Å². The molecule has 0 aliphatic heterocycles. The quantitative estimate of drug-likeness (QED) is 0.406. The molecule has 5 rings (SSSR count). The van der Waals surface area contributed by atoms with Gasteiger partial charge in [0.25, 0.3) is 11.8 Å². The van der Waals surface area contributed by atoms with Crippen LogP contribution >= 0.6 is 11.3 Å². The third kappa shape index (κ3) is 3.86. The molecule has 32 heavy (non-hydrogen) atoms. The minimum atomic E-state index is -0.609. The molecule has 0 bridgehead atoms. The summed E-state index contributed by atoms with van der Waals surface area (Å²) in [6.45, 7) is -0.298. The Morgan fingerprint density at radius 2 is 1.78 bits per heavy atom. The summed E-state index contributed by atoms with van der Waals surface area (Å²) in [6.07, 6.45) is 0.912. The van der Waals surface area contributed by atoms with Crippen molar-refractivity contribution in [2.24, 2.45) is 5.73 Å². The molecule has 0 spiro atoms. The van der Waals surface area contributed by atoms with E-state index in [4.69, 9.17) is 10.5 Å². The topological polar surface area (TPSA) is 94.3 Å². The van der Waals surface area contributed by atoms with Crippen molar-refractivity contribution in [3.05, 3.63) is 88.8 Å². The molecule has 7 heteroatoms. The number of fused-ring (bicyclic) bond motifs is 3. The molecule has 1 aliphatic carbocycles. The number of nitrogens with zero attached hydrogens (tertiary/aromatic N) is 1. The van der Waals surface area contributed by atoms with Crippen LogP contribution in [-0.2, 0) is 11.2 Å². The van der Waals surface area contributed by atoms with Gasteiger partial charge in [0, 0.05) is 10.9 Å². The highest BCUT2D eigenvalue weighted by Crippen LogP contribution is 2.38. The molecule has 1 heterocycles. The van der Waals surface area contributed by atoms with E-state index in [0.29, 0.717) is 16.4 Å². The van der Waals surface area contributed by atoms with Crippen LogP contribution in [0.2, 0.25) is 0 Å². The van der Waals surface area contributed by atoms with Crippen LogP contribution in [-0.4, -0.2) is 23.4 Å². The van der Waals surface area contributed by atoms with Crippen molar-refractivity contribution in [2.75, 3.05) is 11.9 Å². The fraction of sp³-hybridized carbons (Fsp3) is 0.0800. The summed E-state index contributed by atoms with van der Waals surface area (Å²) in [5, 5.41) is 5.23. The number of para-hydroxylation sites is 1. The molecule has 3 N–H and O–H groups in total. The molecule has 1 aliphatic rings. The fourth-order valence-corrected chi connectivity index (χ4v) is 4.58. The highest BCUT2D eigenvalue weighted by molar-refractivity contribution is 7.14. The van der Waals surface area contributed by atoms with Crippen molar-refractivity contribution in [1.29, 1.82) is 0 Å². The van der Waals surface area contributed by atoms with Gasteiger partial charge in [-0.2, -0.15) is 0 Å². The molecule has 0 radical (unpaired) electrons. The molecule has 0 fully saturated rings. The summed E-state index contributed by atoms with van der Waals surface area (Å²) in [4.78, 5) is 28.4. The maximum atomic E-state index is 12.8. The first kappa shape index (κ1) is 20.0. The average molecular weight is 442 g/mol. The van der Waals surface area contributed by atoms with Gasteiger partial charge in [0.2, 0.25) is 0 Å². The van der Waals surface area contributed by atoms with Crippen molar-refractivity contribution in [3.63, 3.8) is 0 Å². The summed E-state index contributed by atoms with van der Waals surface area (Å²) in [5.74, 6) is -0.684. The fourth-order valence-electron chi connectivity index (χ4n) is 3.86. The number of anilines is 1. The van der Waals surface area contributed by atoms with Crippen LogP contribution in [0.3, 0.4) is 0 Å². The van der Waals surface area contributed by atoms with E-state index in [1.807, 2.05) is 5.38 Å². The van der Waals surface area contributed by atoms with Gasteiger partial charge in [-0.15, -0.1) is 11.3 Å². The molecule has 0 saturated carbocycles. The molecular weight excluding hydrogens is 422 g/mol. The highest BCUT2D eigenvalue weighted by atomic mass is 32.1. The molecule has 4 aromatic rings. The predicted octanol–water partition coefficient (Wildman–Crippen LogP) is 4.50. The largest absolute Gasteiger partial charge is 0.483 e. The van der Waals surface area contributed by atoms with Crippen LogP contribution in [0.4, 0.5) is 5.13 Å². The Hall–Kier alpha value is -3.97. The molecule has 2 amide bonds. The van der Waals surface area contributed by atoms with Crippen molar-refractivity contribution < 1.29 is 14.3 Å². The van der Waals surface area contributed by atoms with Gasteiger partial charge < -0.3 is 10.5 Å². The van der Waals surface area contributed by atoms with Crippen LogP contribution in [0.15, 0.2) is 72.1 Å².